The average molecular weight is 276 g/mol. The van der Waals surface area contributed by atoms with E-state index < -0.39 is 0 Å². The molecule has 0 bridgehead atoms. The van der Waals surface area contributed by atoms with Gasteiger partial charge in [-0.2, -0.15) is 0 Å². The van der Waals surface area contributed by atoms with Crippen molar-refractivity contribution in [1.29, 1.82) is 0 Å². The number of amides is 1. The molecular formula is C13H16N4O3. The standard InChI is InChI=1S/C13H16N4O3/c1-9-5-3-4-6-10(9)19-8-7-17(2)13(18)11-12(14)16-20-15-11/h3-6H,7-8H2,1-2H3,(H2,14,16). The molecule has 1 aromatic heterocycles. The van der Waals surface area contributed by atoms with Gasteiger partial charge in [-0.15, -0.1) is 0 Å². The molecule has 2 N–H and O–H groups in total. The average Bonchev–Trinajstić information content (AvgIpc) is 2.86. The summed E-state index contributed by atoms with van der Waals surface area (Å²) in [5, 5.41) is 6.85. The van der Waals surface area contributed by atoms with E-state index in [1.165, 1.54) is 4.90 Å². The van der Waals surface area contributed by atoms with Crippen LogP contribution < -0.4 is 10.5 Å². The number of hydrogen-bond donors (Lipinski definition) is 1. The molecule has 2 aromatic rings. The first-order valence-corrected chi connectivity index (χ1v) is 6.11. The smallest absolute Gasteiger partial charge is 0.279 e. The molecule has 0 aliphatic carbocycles. The Labute approximate surface area is 116 Å². The van der Waals surface area contributed by atoms with Crippen molar-refractivity contribution in [2.75, 3.05) is 25.9 Å². The molecule has 20 heavy (non-hydrogen) atoms. The van der Waals surface area contributed by atoms with Crippen molar-refractivity contribution in [2.24, 2.45) is 0 Å². The molecule has 0 unspecified atom stereocenters. The number of aryl methyl sites for hydroxylation is 1. The van der Waals surface area contributed by atoms with E-state index in [4.69, 9.17) is 10.5 Å². The number of aromatic nitrogens is 2. The Kier molecular flexibility index (Phi) is 4.19. The Bertz CT molecular complexity index is 597. The van der Waals surface area contributed by atoms with Crippen molar-refractivity contribution in [3.05, 3.63) is 35.5 Å². The molecular weight excluding hydrogens is 260 g/mol. The Morgan fingerprint density at radius 2 is 2.15 bits per heavy atom. The Morgan fingerprint density at radius 1 is 1.40 bits per heavy atom. The molecule has 0 saturated carbocycles. The van der Waals surface area contributed by atoms with Crippen molar-refractivity contribution in [3.8, 4) is 5.75 Å². The highest BCUT2D eigenvalue weighted by Gasteiger charge is 2.19. The van der Waals surface area contributed by atoms with Gasteiger partial charge in [0.05, 0.1) is 6.54 Å². The molecule has 1 heterocycles. The fourth-order valence-electron chi connectivity index (χ4n) is 1.64. The summed E-state index contributed by atoms with van der Waals surface area (Å²) in [5.74, 6) is 0.440. The van der Waals surface area contributed by atoms with Crippen LogP contribution in [0.3, 0.4) is 0 Å². The SMILES string of the molecule is Cc1ccccc1OCCN(C)C(=O)c1nonc1N. The maximum absolute atomic E-state index is 12.0. The first kappa shape index (κ1) is 13.9. The molecule has 1 aromatic carbocycles. The monoisotopic (exact) mass is 276 g/mol. The lowest BCUT2D eigenvalue weighted by Crippen LogP contribution is -2.31. The molecule has 0 spiro atoms. The van der Waals surface area contributed by atoms with Gasteiger partial charge >= 0.3 is 0 Å². The van der Waals surface area contributed by atoms with Gasteiger partial charge in [0, 0.05) is 7.05 Å². The number of carbonyl (C=O) groups excluding carboxylic acids is 1. The van der Waals surface area contributed by atoms with Gasteiger partial charge in [-0.25, -0.2) is 4.63 Å². The second-order valence-electron chi connectivity index (χ2n) is 4.34. The number of benzene rings is 1. The highest BCUT2D eigenvalue weighted by Crippen LogP contribution is 2.16. The van der Waals surface area contributed by atoms with Crippen LogP contribution in [0.1, 0.15) is 16.1 Å². The number of nitrogens with two attached hydrogens (primary N) is 1. The van der Waals surface area contributed by atoms with Crippen LogP contribution in [0.25, 0.3) is 0 Å². The second-order valence-corrected chi connectivity index (χ2v) is 4.34. The molecule has 0 radical (unpaired) electrons. The lowest BCUT2D eigenvalue weighted by atomic mass is 10.2. The minimum Gasteiger partial charge on any atom is -0.491 e. The Morgan fingerprint density at radius 3 is 2.80 bits per heavy atom. The summed E-state index contributed by atoms with van der Waals surface area (Å²) in [6.07, 6.45) is 0. The first-order chi connectivity index (χ1) is 9.59. The molecule has 7 nitrogen and oxygen atoms in total. The fourth-order valence-corrected chi connectivity index (χ4v) is 1.64. The summed E-state index contributed by atoms with van der Waals surface area (Å²) < 4.78 is 10.0. The summed E-state index contributed by atoms with van der Waals surface area (Å²) in [4.78, 5) is 13.4. The molecule has 106 valence electrons. The van der Waals surface area contributed by atoms with Crippen LogP contribution in [0.5, 0.6) is 5.75 Å². The molecule has 0 aliphatic rings. The zero-order chi connectivity index (χ0) is 14.5. The Balaban J connectivity index is 1.87. The molecule has 7 heteroatoms. The number of anilines is 1. The lowest BCUT2D eigenvalue weighted by molar-refractivity contribution is 0.0763. The van der Waals surface area contributed by atoms with Crippen LogP contribution in [0.4, 0.5) is 5.82 Å². The van der Waals surface area contributed by atoms with Crippen molar-refractivity contribution in [3.63, 3.8) is 0 Å². The lowest BCUT2D eigenvalue weighted by Gasteiger charge is -2.16. The largest absolute Gasteiger partial charge is 0.491 e. The summed E-state index contributed by atoms with van der Waals surface area (Å²) in [6, 6.07) is 7.69. The third-order valence-electron chi connectivity index (χ3n) is 2.84. The third kappa shape index (κ3) is 3.05. The van der Waals surface area contributed by atoms with E-state index in [9.17, 15) is 4.79 Å². The summed E-state index contributed by atoms with van der Waals surface area (Å²) in [5.41, 5.74) is 6.54. The van der Waals surface area contributed by atoms with Gasteiger partial charge in [0.2, 0.25) is 11.5 Å². The predicted octanol–water partition coefficient (Wildman–Crippen LogP) is 1.11. The maximum atomic E-state index is 12.0. The highest BCUT2D eigenvalue weighted by atomic mass is 16.6. The van der Waals surface area contributed by atoms with Crippen LogP contribution in [0.2, 0.25) is 0 Å². The number of ether oxygens (including phenoxy) is 1. The second kappa shape index (κ2) is 6.05. The predicted molar refractivity (Wildman–Crippen MR) is 72.3 cm³/mol. The van der Waals surface area contributed by atoms with Crippen molar-refractivity contribution in [1.82, 2.24) is 15.2 Å². The Hall–Kier alpha value is -2.57. The van der Waals surface area contributed by atoms with Gasteiger partial charge in [0.1, 0.15) is 12.4 Å². The number of rotatable bonds is 5. The number of carbonyl (C=O) groups is 1. The van der Waals surface area contributed by atoms with E-state index in [1.54, 1.807) is 7.05 Å². The topological polar surface area (TPSA) is 94.5 Å². The van der Waals surface area contributed by atoms with Gasteiger partial charge < -0.3 is 15.4 Å². The van der Waals surface area contributed by atoms with Crippen molar-refractivity contribution < 1.29 is 14.2 Å². The molecule has 0 aliphatic heterocycles. The number of para-hydroxylation sites is 1. The number of nitrogens with zero attached hydrogens (tertiary/aromatic N) is 3. The normalized spacial score (nSPS) is 10.3. The zero-order valence-electron chi connectivity index (χ0n) is 11.4. The number of likely N-dealkylation sites (N-methyl/N-ethyl adjacent to an activating group) is 1. The van der Waals surface area contributed by atoms with Gasteiger partial charge in [-0.3, -0.25) is 4.79 Å². The third-order valence-corrected chi connectivity index (χ3v) is 2.84. The van der Waals surface area contributed by atoms with E-state index in [-0.39, 0.29) is 17.4 Å². The van der Waals surface area contributed by atoms with Crippen LogP contribution in [0.15, 0.2) is 28.9 Å². The van der Waals surface area contributed by atoms with E-state index in [1.807, 2.05) is 31.2 Å². The summed E-state index contributed by atoms with van der Waals surface area (Å²) >= 11 is 0. The molecule has 0 saturated heterocycles. The van der Waals surface area contributed by atoms with E-state index in [2.05, 4.69) is 14.9 Å². The van der Waals surface area contributed by atoms with Gasteiger partial charge in [-0.05, 0) is 28.9 Å². The fraction of sp³-hybridized carbons (Fsp3) is 0.308. The highest BCUT2D eigenvalue weighted by molar-refractivity contribution is 5.95. The maximum Gasteiger partial charge on any atom is 0.279 e. The van der Waals surface area contributed by atoms with Crippen LogP contribution in [-0.4, -0.2) is 41.3 Å². The quantitative estimate of drug-likeness (QED) is 0.879. The molecule has 0 fully saturated rings. The van der Waals surface area contributed by atoms with Gasteiger partial charge in [-0.1, -0.05) is 18.2 Å². The molecule has 1 amide bonds. The van der Waals surface area contributed by atoms with Crippen molar-refractivity contribution >= 4 is 11.7 Å². The minimum absolute atomic E-state index is 0.0123. The zero-order valence-corrected chi connectivity index (χ0v) is 11.4. The molecule has 2 rings (SSSR count). The van der Waals surface area contributed by atoms with Gasteiger partial charge in [0.25, 0.3) is 5.91 Å². The molecule has 0 atom stereocenters. The first-order valence-electron chi connectivity index (χ1n) is 6.11. The van der Waals surface area contributed by atoms with Crippen LogP contribution in [0, 0.1) is 6.92 Å². The van der Waals surface area contributed by atoms with Gasteiger partial charge in [0.15, 0.2) is 0 Å². The minimum atomic E-state index is -0.350. The number of nitrogen functional groups attached to an aromatic ring is 1. The van der Waals surface area contributed by atoms with Crippen LogP contribution >= 0.6 is 0 Å². The van der Waals surface area contributed by atoms with E-state index in [0.717, 1.165) is 11.3 Å². The summed E-state index contributed by atoms with van der Waals surface area (Å²) in [6.45, 7) is 2.74. The van der Waals surface area contributed by atoms with E-state index >= 15 is 0 Å². The van der Waals surface area contributed by atoms with Crippen LogP contribution in [-0.2, 0) is 0 Å². The summed E-state index contributed by atoms with van der Waals surface area (Å²) in [7, 11) is 1.64. The number of hydrogen-bond acceptors (Lipinski definition) is 6. The van der Waals surface area contributed by atoms with Crippen molar-refractivity contribution in [2.45, 2.75) is 6.92 Å². The van der Waals surface area contributed by atoms with E-state index in [0.29, 0.717) is 13.2 Å².